The Labute approximate surface area is 88.6 Å². The van der Waals surface area contributed by atoms with Crippen LogP contribution in [0, 0.1) is 0 Å². The number of hydrogen-bond donors (Lipinski definition) is 0. The SMILES string of the molecule is CC(C)(CN=C=O)c1ccc(Cl)cc1. The average Bonchev–Trinajstić information content (AvgIpc) is 2.16. The van der Waals surface area contributed by atoms with Crippen molar-refractivity contribution >= 4 is 17.7 Å². The third-order valence-corrected chi connectivity index (χ3v) is 2.42. The molecule has 0 atom stereocenters. The van der Waals surface area contributed by atoms with Crippen molar-refractivity contribution in [1.29, 1.82) is 0 Å². The van der Waals surface area contributed by atoms with Gasteiger partial charge < -0.3 is 0 Å². The van der Waals surface area contributed by atoms with Crippen molar-refractivity contribution in [1.82, 2.24) is 0 Å². The molecule has 0 unspecified atom stereocenters. The molecule has 2 nitrogen and oxygen atoms in total. The third-order valence-electron chi connectivity index (χ3n) is 2.16. The summed E-state index contributed by atoms with van der Waals surface area (Å²) < 4.78 is 0. The Balaban J connectivity index is 2.91. The molecule has 0 aliphatic rings. The van der Waals surface area contributed by atoms with Crippen LogP contribution in [0.3, 0.4) is 0 Å². The molecule has 0 saturated carbocycles. The number of carbonyl (C=O) groups excluding carboxylic acids is 1. The molecule has 0 spiro atoms. The lowest BCUT2D eigenvalue weighted by Crippen LogP contribution is -2.20. The molecule has 0 aliphatic heterocycles. The maximum atomic E-state index is 10.0. The summed E-state index contributed by atoms with van der Waals surface area (Å²) in [5.74, 6) is 0. The zero-order chi connectivity index (χ0) is 10.6. The van der Waals surface area contributed by atoms with Crippen molar-refractivity contribution in [2.45, 2.75) is 19.3 Å². The Bertz CT molecular complexity index is 350. The van der Waals surface area contributed by atoms with Crippen LogP contribution >= 0.6 is 11.6 Å². The lowest BCUT2D eigenvalue weighted by Gasteiger charge is -2.22. The van der Waals surface area contributed by atoms with Gasteiger partial charge in [0.25, 0.3) is 0 Å². The summed E-state index contributed by atoms with van der Waals surface area (Å²) in [4.78, 5) is 13.6. The number of nitrogens with zero attached hydrogens (tertiary/aromatic N) is 1. The van der Waals surface area contributed by atoms with E-state index >= 15 is 0 Å². The van der Waals surface area contributed by atoms with Gasteiger partial charge in [-0.2, -0.15) is 0 Å². The Morgan fingerprint density at radius 2 is 1.93 bits per heavy atom. The van der Waals surface area contributed by atoms with Crippen LogP contribution in [0.5, 0.6) is 0 Å². The second kappa shape index (κ2) is 4.41. The first-order chi connectivity index (χ1) is 6.56. The second-order valence-corrected chi connectivity index (χ2v) is 4.23. The molecule has 0 fully saturated rings. The molecule has 0 aromatic heterocycles. The molecule has 1 rings (SSSR count). The van der Waals surface area contributed by atoms with E-state index in [0.29, 0.717) is 11.6 Å². The summed E-state index contributed by atoms with van der Waals surface area (Å²) in [7, 11) is 0. The normalized spacial score (nSPS) is 10.8. The van der Waals surface area contributed by atoms with Crippen LogP contribution in [0.1, 0.15) is 19.4 Å². The highest BCUT2D eigenvalue weighted by molar-refractivity contribution is 6.30. The van der Waals surface area contributed by atoms with Gasteiger partial charge in [-0.25, -0.2) is 9.79 Å². The Morgan fingerprint density at radius 1 is 1.36 bits per heavy atom. The zero-order valence-electron chi connectivity index (χ0n) is 8.25. The monoisotopic (exact) mass is 209 g/mol. The van der Waals surface area contributed by atoms with Crippen molar-refractivity contribution < 1.29 is 4.79 Å². The van der Waals surface area contributed by atoms with Crippen molar-refractivity contribution in [2.24, 2.45) is 4.99 Å². The van der Waals surface area contributed by atoms with E-state index in [1.807, 2.05) is 38.1 Å². The van der Waals surface area contributed by atoms with E-state index in [4.69, 9.17) is 11.6 Å². The van der Waals surface area contributed by atoms with Crippen molar-refractivity contribution in [3.8, 4) is 0 Å². The maximum absolute atomic E-state index is 10.0. The van der Waals surface area contributed by atoms with Crippen LogP contribution in [0.15, 0.2) is 29.3 Å². The molecule has 0 saturated heterocycles. The summed E-state index contributed by atoms with van der Waals surface area (Å²) in [5.41, 5.74) is 0.961. The van der Waals surface area contributed by atoms with Gasteiger partial charge in [0.15, 0.2) is 0 Å². The average molecular weight is 210 g/mol. The molecule has 1 aromatic rings. The summed E-state index contributed by atoms with van der Waals surface area (Å²) in [5, 5.41) is 0.712. The largest absolute Gasteiger partial charge is 0.234 e. The summed E-state index contributed by atoms with van der Waals surface area (Å²) >= 11 is 5.78. The van der Waals surface area contributed by atoms with Crippen molar-refractivity contribution in [3.63, 3.8) is 0 Å². The molecule has 3 heteroatoms. The lowest BCUT2D eigenvalue weighted by molar-refractivity contribution is 0.526. The van der Waals surface area contributed by atoms with Crippen LogP contribution in [0.4, 0.5) is 0 Å². The molecular weight excluding hydrogens is 198 g/mol. The number of rotatable bonds is 3. The van der Waals surface area contributed by atoms with Crippen LogP contribution in [0.25, 0.3) is 0 Å². The quantitative estimate of drug-likeness (QED) is 0.556. The number of hydrogen-bond acceptors (Lipinski definition) is 2. The number of isocyanates is 1. The van der Waals surface area contributed by atoms with Gasteiger partial charge in [-0.3, -0.25) is 0 Å². The fraction of sp³-hybridized carbons (Fsp3) is 0.364. The minimum Gasteiger partial charge on any atom is -0.211 e. The van der Waals surface area contributed by atoms with E-state index in [9.17, 15) is 4.79 Å². The second-order valence-electron chi connectivity index (χ2n) is 3.80. The topological polar surface area (TPSA) is 29.4 Å². The summed E-state index contributed by atoms with van der Waals surface area (Å²) in [6, 6.07) is 7.57. The van der Waals surface area contributed by atoms with E-state index in [2.05, 4.69) is 4.99 Å². The van der Waals surface area contributed by atoms with Crippen LogP contribution in [-0.4, -0.2) is 12.6 Å². The summed E-state index contributed by atoms with van der Waals surface area (Å²) in [6.07, 6.45) is 1.55. The molecule has 0 amide bonds. The van der Waals surface area contributed by atoms with E-state index < -0.39 is 0 Å². The van der Waals surface area contributed by atoms with E-state index in [-0.39, 0.29) is 5.41 Å². The van der Waals surface area contributed by atoms with Gasteiger partial charge in [-0.1, -0.05) is 37.6 Å². The van der Waals surface area contributed by atoms with Gasteiger partial charge in [0.1, 0.15) is 0 Å². The Hall–Kier alpha value is -1.11. The van der Waals surface area contributed by atoms with Crippen LogP contribution < -0.4 is 0 Å². The molecule has 0 N–H and O–H groups in total. The Kier molecular flexibility index (Phi) is 3.45. The molecule has 14 heavy (non-hydrogen) atoms. The van der Waals surface area contributed by atoms with E-state index in [1.165, 1.54) is 0 Å². The maximum Gasteiger partial charge on any atom is 0.234 e. The molecule has 74 valence electrons. The van der Waals surface area contributed by atoms with Gasteiger partial charge in [0, 0.05) is 10.4 Å². The molecule has 0 heterocycles. The number of aliphatic imine (C=N–C) groups is 1. The third kappa shape index (κ3) is 2.69. The molecule has 1 aromatic carbocycles. The van der Waals surface area contributed by atoms with E-state index in [0.717, 1.165) is 5.56 Å². The van der Waals surface area contributed by atoms with Crippen LogP contribution in [-0.2, 0) is 10.2 Å². The fourth-order valence-electron chi connectivity index (χ4n) is 1.22. The highest BCUT2D eigenvalue weighted by Crippen LogP contribution is 2.24. The van der Waals surface area contributed by atoms with Crippen LogP contribution in [0.2, 0.25) is 5.02 Å². The number of halogens is 1. The van der Waals surface area contributed by atoms with Gasteiger partial charge in [0.05, 0.1) is 6.54 Å². The predicted molar refractivity (Wildman–Crippen MR) is 57.5 cm³/mol. The minimum atomic E-state index is -0.151. The van der Waals surface area contributed by atoms with Gasteiger partial charge in [0.2, 0.25) is 6.08 Å². The van der Waals surface area contributed by atoms with E-state index in [1.54, 1.807) is 6.08 Å². The highest BCUT2D eigenvalue weighted by Gasteiger charge is 2.19. The minimum absolute atomic E-state index is 0.151. The first-order valence-corrected chi connectivity index (χ1v) is 4.74. The summed E-state index contributed by atoms with van der Waals surface area (Å²) in [6.45, 7) is 4.49. The van der Waals surface area contributed by atoms with Gasteiger partial charge in [-0.05, 0) is 17.7 Å². The van der Waals surface area contributed by atoms with Gasteiger partial charge in [-0.15, -0.1) is 0 Å². The molecule has 0 bridgehead atoms. The number of benzene rings is 1. The molecular formula is C11H12ClNO. The first-order valence-electron chi connectivity index (χ1n) is 4.36. The zero-order valence-corrected chi connectivity index (χ0v) is 9.01. The van der Waals surface area contributed by atoms with Gasteiger partial charge >= 0.3 is 0 Å². The standard InChI is InChI=1S/C11H12ClNO/c1-11(2,7-13-8-14)9-3-5-10(12)6-4-9/h3-6H,7H2,1-2H3. The predicted octanol–water partition coefficient (Wildman–Crippen LogP) is 2.95. The van der Waals surface area contributed by atoms with Crippen molar-refractivity contribution in [2.75, 3.05) is 6.54 Å². The first kappa shape index (κ1) is 11.0. The Morgan fingerprint density at radius 3 is 2.43 bits per heavy atom. The molecule has 0 radical (unpaired) electrons. The highest BCUT2D eigenvalue weighted by atomic mass is 35.5. The van der Waals surface area contributed by atoms with Crippen molar-refractivity contribution in [3.05, 3.63) is 34.9 Å². The fourth-order valence-corrected chi connectivity index (χ4v) is 1.35. The molecule has 0 aliphatic carbocycles. The smallest absolute Gasteiger partial charge is 0.211 e. The lowest BCUT2D eigenvalue weighted by atomic mass is 9.85.